The number of hydrogen-bond acceptors (Lipinski definition) is 1. The highest BCUT2D eigenvalue weighted by atomic mass is 19.1. The van der Waals surface area contributed by atoms with Crippen molar-refractivity contribution < 1.29 is 13.2 Å². The molecule has 2 rings (SSSR count). The van der Waals surface area contributed by atoms with E-state index in [9.17, 15) is 13.2 Å². The Bertz CT molecular complexity index is 379. The van der Waals surface area contributed by atoms with E-state index < -0.39 is 23.2 Å². The Hall–Kier alpha value is -1.03. The first-order valence-electron chi connectivity index (χ1n) is 5.87. The fraction of sp³-hybridized carbons (Fsp3) is 0.538. The van der Waals surface area contributed by atoms with Gasteiger partial charge in [-0.3, -0.25) is 0 Å². The van der Waals surface area contributed by atoms with Crippen molar-refractivity contribution in [3.8, 4) is 0 Å². The van der Waals surface area contributed by atoms with Crippen LogP contribution in [0.2, 0.25) is 0 Å². The molecule has 0 saturated carbocycles. The van der Waals surface area contributed by atoms with Crippen molar-refractivity contribution in [2.24, 2.45) is 0 Å². The molecule has 94 valence electrons. The highest BCUT2D eigenvalue weighted by Crippen LogP contribution is 2.38. The van der Waals surface area contributed by atoms with Crippen molar-refractivity contribution in [3.05, 3.63) is 35.4 Å². The third-order valence-electron chi connectivity index (χ3n) is 3.60. The third kappa shape index (κ3) is 2.63. The van der Waals surface area contributed by atoms with Gasteiger partial charge in [0.2, 0.25) is 0 Å². The normalized spacial score (nSPS) is 21.2. The number of benzene rings is 1. The van der Waals surface area contributed by atoms with Crippen LogP contribution in [0.3, 0.4) is 0 Å². The Morgan fingerprint density at radius 3 is 2.18 bits per heavy atom. The molecule has 1 N–H and O–H groups in total. The molecule has 1 atom stereocenters. The molecule has 0 radical (unpaired) electrons. The Morgan fingerprint density at radius 2 is 1.65 bits per heavy atom. The zero-order chi connectivity index (χ0) is 12.5. The molecule has 0 aliphatic carbocycles. The van der Waals surface area contributed by atoms with Gasteiger partial charge in [-0.2, -0.15) is 0 Å². The van der Waals surface area contributed by atoms with Crippen LogP contribution in [0.5, 0.6) is 0 Å². The average Bonchev–Trinajstić information content (AvgIpc) is 2.27. The molecule has 1 heterocycles. The van der Waals surface area contributed by atoms with Crippen molar-refractivity contribution in [2.45, 2.75) is 31.4 Å². The molecule has 1 saturated heterocycles. The number of nitrogens with one attached hydrogen (secondary N) is 1. The van der Waals surface area contributed by atoms with Gasteiger partial charge < -0.3 is 5.32 Å². The number of hydrogen-bond donors (Lipinski definition) is 1. The Morgan fingerprint density at radius 1 is 1.12 bits per heavy atom. The van der Waals surface area contributed by atoms with E-state index in [0.717, 1.165) is 6.07 Å². The van der Waals surface area contributed by atoms with E-state index in [-0.39, 0.29) is 0 Å². The number of halogens is 3. The first-order valence-corrected chi connectivity index (χ1v) is 5.87. The average molecular weight is 243 g/mol. The SMILES string of the molecule is C[C@@H](c1cc(F)cc(F)c1)C1(F)CCNCC1. The predicted molar refractivity (Wildman–Crippen MR) is 60.7 cm³/mol. The van der Waals surface area contributed by atoms with Gasteiger partial charge in [0.25, 0.3) is 0 Å². The van der Waals surface area contributed by atoms with E-state index in [4.69, 9.17) is 0 Å². The van der Waals surface area contributed by atoms with Crippen LogP contribution in [-0.4, -0.2) is 18.8 Å². The maximum absolute atomic E-state index is 14.6. The minimum atomic E-state index is -1.37. The molecule has 1 nitrogen and oxygen atoms in total. The summed E-state index contributed by atoms with van der Waals surface area (Å²) in [6.07, 6.45) is 0.762. The van der Waals surface area contributed by atoms with Crippen molar-refractivity contribution in [1.82, 2.24) is 5.32 Å². The predicted octanol–water partition coefficient (Wildman–Crippen LogP) is 3.16. The minimum absolute atomic E-state index is 0.381. The molecule has 0 bridgehead atoms. The van der Waals surface area contributed by atoms with E-state index in [1.807, 2.05) is 0 Å². The fourth-order valence-electron chi connectivity index (χ4n) is 2.40. The van der Waals surface area contributed by atoms with Crippen molar-refractivity contribution >= 4 is 0 Å². The molecule has 1 fully saturated rings. The molecular formula is C13H16F3N. The number of piperidine rings is 1. The highest BCUT2D eigenvalue weighted by Gasteiger charge is 2.38. The summed E-state index contributed by atoms with van der Waals surface area (Å²) >= 11 is 0. The van der Waals surface area contributed by atoms with E-state index >= 15 is 0 Å². The molecular weight excluding hydrogens is 227 g/mol. The lowest BCUT2D eigenvalue weighted by Crippen LogP contribution is -2.42. The van der Waals surface area contributed by atoms with E-state index in [0.29, 0.717) is 31.5 Å². The molecule has 0 unspecified atom stereocenters. The zero-order valence-corrected chi connectivity index (χ0v) is 9.77. The summed E-state index contributed by atoms with van der Waals surface area (Å²) in [4.78, 5) is 0. The first kappa shape index (κ1) is 12.4. The van der Waals surface area contributed by atoms with Gasteiger partial charge in [0.1, 0.15) is 17.3 Å². The molecule has 0 amide bonds. The van der Waals surface area contributed by atoms with Crippen LogP contribution in [0, 0.1) is 11.6 Å². The molecule has 1 aliphatic rings. The van der Waals surface area contributed by atoms with Crippen LogP contribution in [0.1, 0.15) is 31.2 Å². The van der Waals surface area contributed by atoms with Gasteiger partial charge in [-0.15, -0.1) is 0 Å². The largest absolute Gasteiger partial charge is 0.316 e. The van der Waals surface area contributed by atoms with Crippen LogP contribution in [0.4, 0.5) is 13.2 Å². The second kappa shape index (κ2) is 4.69. The van der Waals surface area contributed by atoms with Gasteiger partial charge in [0, 0.05) is 12.0 Å². The molecule has 0 aromatic heterocycles. The quantitative estimate of drug-likeness (QED) is 0.841. The zero-order valence-electron chi connectivity index (χ0n) is 9.77. The van der Waals surface area contributed by atoms with Gasteiger partial charge in [0.15, 0.2) is 0 Å². The molecule has 0 spiro atoms. The second-order valence-corrected chi connectivity index (χ2v) is 4.71. The van der Waals surface area contributed by atoms with Crippen LogP contribution in [-0.2, 0) is 0 Å². The molecule has 1 aromatic rings. The lowest BCUT2D eigenvalue weighted by molar-refractivity contribution is 0.0879. The van der Waals surface area contributed by atoms with Crippen molar-refractivity contribution in [1.29, 1.82) is 0 Å². The monoisotopic (exact) mass is 243 g/mol. The van der Waals surface area contributed by atoms with Gasteiger partial charge in [0.05, 0.1) is 0 Å². The standard InChI is InChI=1S/C13H16F3N/c1-9(13(16)2-4-17-5-3-13)10-6-11(14)8-12(15)7-10/h6-9,17H,2-5H2,1H3/t9-/m0/s1. The van der Waals surface area contributed by atoms with Gasteiger partial charge in [-0.1, -0.05) is 6.92 Å². The maximum Gasteiger partial charge on any atom is 0.126 e. The maximum atomic E-state index is 14.6. The second-order valence-electron chi connectivity index (χ2n) is 4.71. The Balaban J connectivity index is 2.26. The molecule has 1 aromatic carbocycles. The summed E-state index contributed by atoms with van der Waals surface area (Å²) in [5.74, 6) is -1.79. The first-order chi connectivity index (χ1) is 8.01. The van der Waals surface area contributed by atoms with Crippen LogP contribution in [0.15, 0.2) is 18.2 Å². The fourth-order valence-corrected chi connectivity index (χ4v) is 2.40. The van der Waals surface area contributed by atoms with Crippen LogP contribution in [0.25, 0.3) is 0 Å². The third-order valence-corrected chi connectivity index (χ3v) is 3.60. The smallest absolute Gasteiger partial charge is 0.126 e. The van der Waals surface area contributed by atoms with Gasteiger partial charge in [-0.25, -0.2) is 13.2 Å². The number of alkyl halides is 1. The summed E-state index contributed by atoms with van der Waals surface area (Å²) in [7, 11) is 0. The van der Waals surface area contributed by atoms with Crippen LogP contribution >= 0.6 is 0 Å². The highest BCUT2D eigenvalue weighted by molar-refractivity contribution is 5.24. The van der Waals surface area contributed by atoms with E-state index in [2.05, 4.69) is 5.32 Å². The summed E-state index contributed by atoms with van der Waals surface area (Å²) < 4.78 is 40.8. The topological polar surface area (TPSA) is 12.0 Å². The molecule has 4 heteroatoms. The lowest BCUT2D eigenvalue weighted by Gasteiger charge is -2.35. The van der Waals surface area contributed by atoms with Gasteiger partial charge >= 0.3 is 0 Å². The number of rotatable bonds is 2. The van der Waals surface area contributed by atoms with Crippen molar-refractivity contribution in [3.63, 3.8) is 0 Å². The van der Waals surface area contributed by atoms with E-state index in [1.165, 1.54) is 12.1 Å². The Labute approximate surface area is 99.0 Å². The van der Waals surface area contributed by atoms with Crippen LogP contribution < -0.4 is 5.32 Å². The summed E-state index contributed by atoms with van der Waals surface area (Å²) in [5, 5.41) is 3.08. The summed E-state index contributed by atoms with van der Waals surface area (Å²) in [5.41, 5.74) is -0.974. The van der Waals surface area contributed by atoms with E-state index in [1.54, 1.807) is 6.92 Å². The molecule has 17 heavy (non-hydrogen) atoms. The van der Waals surface area contributed by atoms with Gasteiger partial charge in [-0.05, 0) is 43.6 Å². The Kier molecular flexibility index (Phi) is 3.43. The summed E-state index contributed by atoms with van der Waals surface area (Å²) in [6, 6.07) is 3.25. The lowest BCUT2D eigenvalue weighted by atomic mass is 9.79. The molecule has 1 aliphatic heterocycles. The van der Waals surface area contributed by atoms with Crippen molar-refractivity contribution in [2.75, 3.05) is 13.1 Å². The minimum Gasteiger partial charge on any atom is -0.316 e. The summed E-state index contributed by atoms with van der Waals surface area (Å²) in [6.45, 7) is 2.91.